The number of ether oxygens (including phenoxy) is 3. The number of methoxy groups -OCH3 is 2. The predicted molar refractivity (Wildman–Crippen MR) is 77.4 cm³/mol. The third kappa shape index (κ3) is 4.42. The smallest absolute Gasteiger partial charge is 0.337 e. The van der Waals surface area contributed by atoms with E-state index in [4.69, 9.17) is 9.47 Å². The molecule has 19 heavy (non-hydrogen) atoms. The zero-order valence-corrected chi connectivity index (χ0v) is 13.0. The van der Waals surface area contributed by atoms with Crippen molar-refractivity contribution in [2.75, 3.05) is 26.2 Å². The normalized spacial score (nSPS) is 11.8. The predicted octanol–water partition coefficient (Wildman–Crippen LogP) is 3.28. The average molecular weight is 331 g/mol. The summed E-state index contributed by atoms with van der Waals surface area (Å²) in [6, 6.07) is 5.01. The second-order valence-electron chi connectivity index (χ2n) is 4.10. The fourth-order valence-corrected chi connectivity index (χ4v) is 2.16. The molecule has 0 aliphatic heterocycles. The molecule has 106 valence electrons. The van der Waals surface area contributed by atoms with Gasteiger partial charge >= 0.3 is 5.97 Å². The van der Waals surface area contributed by atoms with Crippen LogP contribution in [0.3, 0.4) is 0 Å². The van der Waals surface area contributed by atoms with E-state index < -0.39 is 5.97 Å². The summed E-state index contributed by atoms with van der Waals surface area (Å²) in [5.41, 5.74) is 0.444. The molecule has 5 heteroatoms. The number of carbonyl (C=O) groups is 1. The van der Waals surface area contributed by atoms with Gasteiger partial charge in [0.1, 0.15) is 0 Å². The second-order valence-corrected chi connectivity index (χ2v) is 4.74. The van der Waals surface area contributed by atoms with Gasteiger partial charge in [-0.05, 0) is 24.6 Å². The molecule has 0 aliphatic carbocycles. The fourth-order valence-electron chi connectivity index (χ4n) is 1.51. The molecule has 0 saturated carbocycles. The first-order valence-electron chi connectivity index (χ1n) is 6.11. The van der Waals surface area contributed by atoms with Crippen LogP contribution in [0, 0.1) is 5.92 Å². The van der Waals surface area contributed by atoms with Gasteiger partial charge in [0.05, 0.1) is 26.4 Å². The van der Waals surface area contributed by atoms with Crippen molar-refractivity contribution in [3.05, 3.63) is 23.8 Å². The maximum Gasteiger partial charge on any atom is 0.337 e. The molecule has 1 atom stereocenters. The zero-order chi connectivity index (χ0) is 14.3. The topological polar surface area (TPSA) is 44.8 Å². The van der Waals surface area contributed by atoms with E-state index in [2.05, 4.69) is 27.6 Å². The molecule has 1 unspecified atom stereocenters. The molecular weight excluding hydrogens is 312 g/mol. The highest BCUT2D eigenvalue weighted by Crippen LogP contribution is 2.29. The van der Waals surface area contributed by atoms with Gasteiger partial charge in [-0.3, -0.25) is 0 Å². The first-order chi connectivity index (χ1) is 9.15. The molecule has 0 aliphatic rings. The van der Waals surface area contributed by atoms with E-state index in [0.717, 1.165) is 11.8 Å². The molecule has 0 saturated heterocycles. The Labute approximate surface area is 122 Å². The Morgan fingerprint density at radius 2 is 2.05 bits per heavy atom. The van der Waals surface area contributed by atoms with Gasteiger partial charge in [0, 0.05) is 11.2 Å². The molecule has 0 radical (unpaired) electrons. The number of alkyl halides is 1. The minimum atomic E-state index is -0.392. The summed E-state index contributed by atoms with van der Waals surface area (Å²) in [5.74, 6) is 1.23. The van der Waals surface area contributed by atoms with Gasteiger partial charge in [-0.25, -0.2) is 4.79 Å². The number of carbonyl (C=O) groups excluding carboxylic acids is 1. The fraction of sp³-hybridized carbons (Fsp3) is 0.500. The molecule has 0 heterocycles. The summed E-state index contributed by atoms with van der Waals surface area (Å²) in [6.07, 6.45) is 1.04. The Hall–Kier alpha value is -1.23. The van der Waals surface area contributed by atoms with Crippen molar-refractivity contribution in [3.8, 4) is 11.5 Å². The quantitative estimate of drug-likeness (QED) is 0.568. The third-order valence-corrected chi connectivity index (χ3v) is 3.77. The van der Waals surface area contributed by atoms with Crippen LogP contribution in [0.25, 0.3) is 0 Å². The van der Waals surface area contributed by atoms with Crippen LogP contribution < -0.4 is 9.47 Å². The van der Waals surface area contributed by atoms with E-state index in [0.29, 0.717) is 29.6 Å². The summed E-state index contributed by atoms with van der Waals surface area (Å²) in [5, 5.41) is 0.895. The maximum atomic E-state index is 11.4. The van der Waals surface area contributed by atoms with Crippen LogP contribution in [0.2, 0.25) is 0 Å². The maximum absolute atomic E-state index is 11.4. The van der Waals surface area contributed by atoms with Crippen LogP contribution >= 0.6 is 15.9 Å². The summed E-state index contributed by atoms with van der Waals surface area (Å²) in [7, 11) is 2.89. The average Bonchev–Trinajstić information content (AvgIpc) is 2.47. The van der Waals surface area contributed by atoms with E-state index in [-0.39, 0.29) is 0 Å². The van der Waals surface area contributed by atoms with Crippen molar-refractivity contribution in [3.63, 3.8) is 0 Å². The largest absolute Gasteiger partial charge is 0.493 e. The molecule has 0 bridgehead atoms. The molecule has 4 nitrogen and oxygen atoms in total. The lowest BCUT2D eigenvalue weighted by atomic mass is 10.1. The van der Waals surface area contributed by atoms with Gasteiger partial charge in [-0.2, -0.15) is 0 Å². The van der Waals surface area contributed by atoms with Gasteiger partial charge in [-0.15, -0.1) is 0 Å². The lowest BCUT2D eigenvalue weighted by Crippen LogP contribution is -2.13. The van der Waals surface area contributed by atoms with Crippen molar-refractivity contribution in [2.24, 2.45) is 5.92 Å². The molecule has 1 aromatic rings. The zero-order valence-electron chi connectivity index (χ0n) is 11.4. The van der Waals surface area contributed by atoms with Crippen molar-refractivity contribution in [1.29, 1.82) is 0 Å². The molecule has 1 aromatic carbocycles. The minimum absolute atomic E-state index is 0.392. The second kappa shape index (κ2) is 8.04. The molecule has 0 N–H and O–H groups in total. The summed E-state index contributed by atoms with van der Waals surface area (Å²) < 4.78 is 15.6. The number of halogens is 1. The number of benzene rings is 1. The summed E-state index contributed by atoms with van der Waals surface area (Å²) in [6.45, 7) is 2.72. The van der Waals surface area contributed by atoms with E-state index in [1.165, 1.54) is 7.11 Å². The Kier molecular flexibility index (Phi) is 6.70. The van der Waals surface area contributed by atoms with Crippen LogP contribution in [-0.4, -0.2) is 32.1 Å². The highest BCUT2D eigenvalue weighted by Gasteiger charge is 2.12. The van der Waals surface area contributed by atoms with Gasteiger partial charge in [0.15, 0.2) is 11.5 Å². The van der Waals surface area contributed by atoms with Crippen LogP contribution in [0.1, 0.15) is 23.7 Å². The van der Waals surface area contributed by atoms with Gasteiger partial charge in [0.25, 0.3) is 0 Å². The number of hydrogen-bond acceptors (Lipinski definition) is 4. The lowest BCUT2D eigenvalue weighted by Gasteiger charge is -2.15. The lowest BCUT2D eigenvalue weighted by molar-refractivity contribution is 0.0600. The van der Waals surface area contributed by atoms with Crippen molar-refractivity contribution >= 4 is 21.9 Å². The molecule has 0 fully saturated rings. The summed E-state index contributed by atoms with van der Waals surface area (Å²) in [4.78, 5) is 11.4. The van der Waals surface area contributed by atoms with Crippen molar-refractivity contribution in [1.82, 2.24) is 0 Å². The minimum Gasteiger partial charge on any atom is -0.493 e. The SMILES string of the molecule is CCC(CBr)COc1ccc(C(=O)OC)cc1OC. The van der Waals surface area contributed by atoms with Crippen LogP contribution in [0.15, 0.2) is 18.2 Å². The molecular formula is C14H19BrO4. The van der Waals surface area contributed by atoms with Crippen LogP contribution in [-0.2, 0) is 4.74 Å². The van der Waals surface area contributed by atoms with E-state index in [9.17, 15) is 4.79 Å². The van der Waals surface area contributed by atoms with E-state index in [1.54, 1.807) is 25.3 Å². The van der Waals surface area contributed by atoms with Gasteiger partial charge in [-0.1, -0.05) is 22.9 Å². The van der Waals surface area contributed by atoms with Crippen molar-refractivity contribution in [2.45, 2.75) is 13.3 Å². The number of esters is 1. The molecule has 0 amide bonds. The van der Waals surface area contributed by atoms with Crippen LogP contribution in [0.4, 0.5) is 0 Å². The molecule has 0 spiro atoms. The van der Waals surface area contributed by atoms with Gasteiger partial charge < -0.3 is 14.2 Å². The Bertz CT molecular complexity index is 416. The highest BCUT2D eigenvalue weighted by molar-refractivity contribution is 9.09. The highest BCUT2D eigenvalue weighted by atomic mass is 79.9. The van der Waals surface area contributed by atoms with Gasteiger partial charge in [0.2, 0.25) is 0 Å². The molecule has 1 rings (SSSR count). The summed E-state index contributed by atoms with van der Waals surface area (Å²) >= 11 is 3.45. The van der Waals surface area contributed by atoms with Crippen LogP contribution in [0.5, 0.6) is 11.5 Å². The standard InChI is InChI=1S/C14H19BrO4/c1-4-10(8-15)9-19-12-6-5-11(14(16)18-3)7-13(12)17-2/h5-7,10H,4,8-9H2,1-3H3. The molecule has 0 aromatic heterocycles. The van der Waals surface area contributed by atoms with E-state index >= 15 is 0 Å². The Balaban J connectivity index is 2.81. The van der Waals surface area contributed by atoms with E-state index in [1.807, 2.05) is 0 Å². The van der Waals surface area contributed by atoms with Crippen molar-refractivity contribution < 1.29 is 19.0 Å². The number of hydrogen-bond donors (Lipinski definition) is 0. The first kappa shape index (κ1) is 15.8. The monoisotopic (exact) mass is 330 g/mol. The Morgan fingerprint density at radius 1 is 1.32 bits per heavy atom. The third-order valence-electron chi connectivity index (χ3n) is 2.85. The number of rotatable bonds is 7. The Morgan fingerprint density at radius 3 is 2.58 bits per heavy atom. The first-order valence-corrected chi connectivity index (χ1v) is 7.23.